The molecule has 1 heterocycles. The van der Waals surface area contributed by atoms with Crippen LogP contribution in [0.25, 0.3) is 0 Å². The lowest BCUT2D eigenvalue weighted by Gasteiger charge is -2.03. The minimum Gasteiger partial charge on any atom is -0.381 e. The van der Waals surface area contributed by atoms with Crippen LogP contribution >= 0.6 is 11.3 Å². The minimum atomic E-state index is -1.02. The molecule has 0 amide bonds. The summed E-state index contributed by atoms with van der Waals surface area (Å²) in [6.45, 7) is 0. The zero-order valence-electron chi connectivity index (χ0n) is 8.64. The number of allylic oxidation sites excluding steroid dienone is 1. The molecule has 7 heteroatoms. The molecule has 1 aromatic heterocycles. The number of carbonyl (C=O) groups is 1. The molecular weight excluding hydrogens is 235 g/mol. The van der Waals surface area contributed by atoms with E-state index in [9.17, 15) is 19.3 Å². The first kappa shape index (κ1) is 12.3. The molecule has 0 aliphatic rings. The Morgan fingerprint density at radius 3 is 2.75 bits per heavy atom. The van der Waals surface area contributed by atoms with Crippen molar-refractivity contribution in [2.75, 3.05) is 14.1 Å². The highest BCUT2D eigenvalue weighted by Gasteiger charge is 2.24. The van der Waals surface area contributed by atoms with Gasteiger partial charge in [0.25, 0.3) is 0 Å². The first-order chi connectivity index (χ1) is 7.43. The van der Waals surface area contributed by atoms with E-state index in [0.29, 0.717) is 0 Å². The predicted molar refractivity (Wildman–Crippen MR) is 58.2 cm³/mol. The fourth-order valence-corrected chi connectivity index (χ4v) is 1.74. The van der Waals surface area contributed by atoms with Crippen LogP contribution in [-0.2, 0) is 0 Å². The second kappa shape index (κ2) is 4.84. The lowest BCUT2D eigenvalue weighted by molar-refractivity contribution is -0.380. The summed E-state index contributed by atoms with van der Waals surface area (Å²) in [5.74, 6) is -1.99. The zero-order chi connectivity index (χ0) is 12.3. The molecule has 0 aliphatic carbocycles. The third kappa shape index (κ3) is 2.63. The van der Waals surface area contributed by atoms with E-state index in [-0.39, 0.29) is 10.6 Å². The Kier molecular flexibility index (Phi) is 3.73. The van der Waals surface area contributed by atoms with E-state index in [1.165, 1.54) is 16.3 Å². The summed E-state index contributed by atoms with van der Waals surface area (Å²) in [4.78, 5) is 22.7. The number of carbonyl (C=O) groups excluding carboxylic acids is 1. The highest BCUT2D eigenvalue weighted by molar-refractivity contribution is 7.13. The lowest BCUT2D eigenvalue weighted by atomic mass is 10.2. The van der Waals surface area contributed by atoms with Gasteiger partial charge in [-0.1, -0.05) is 11.3 Å². The monoisotopic (exact) mass is 244 g/mol. The summed E-state index contributed by atoms with van der Waals surface area (Å²) in [5, 5.41) is 11.6. The molecule has 0 saturated heterocycles. The summed E-state index contributed by atoms with van der Waals surface area (Å²) in [7, 11) is 3.10. The summed E-state index contributed by atoms with van der Waals surface area (Å²) in [6.07, 6.45) is 0.976. The van der Waals surface area contributed by atoms with Gasteiger partial charge in [-0.05, 0) is 11.4 Å². The van der Waals surface area contributed by atoms with E-state index in [0.717, 1.165) is 17.5 Å². The smallest absolute Gasteiger partial charge is 0.335 e. The largest absolute Gasteiger partial charge is 0.381 e. The van der Waals surface area contributed by atoms with Crippen LogP contribution < -0.4 is 0 Å². The molecule has 0 aliphatic heterocycles. The van der Waals surface area contributed by atoms with Gasteiger partial charge in [0, 0.05) is 20.3 Å². The van der Waals surface area contributed by atoms with Crippen LogP contribution in [-0.4, -0.2) is 29.7 Å². The Morgan fingerprint density at radius 2 is 2.25 bits per heavy atom. The van der Waals surface area contributed by atoms with Crippen molar-refractivity contribution in [3.63, 3.8) is 0 Å². The third-order valence-corrected chi connectivity index (χ3v) is 2.51. The SMILES string of the molecule is CN(C)/C=C(\F)C(=O)c1ccsc1[N+](=O)[O-]. The standard InChI is InChI=1S/C9H9FN2O3S/c1-11(2)5-7(10)8(13)6-3-4-16-9(6)12(14)15/h3-5H,1-2H3/b7-5-. The van der Waals surface area contributed by atoms with Crippen LogP contribution in [0.4, 0.5) is 9.39 Å². The van der Waals surface area contributed by atoms with Crippen LogP contribution in [0.15, 0.2) is 23.5 Å². The number of hydrogen-bond donors (Lipinski definition) is 0. The Hall–Kier alpha value is -1.76. The Morgan fingerprint density at radius 1 is 1.62 bits per heavy atom. The molecule has 0 spiro atoms. The molecule has 0 atom stereocenters. The van der Waals surface area contributed by atoms with Crippen molar-refractivity contribution in [1.29, 1.82) is 0 Å². The van der Waals surface area contributed by atoms with Crippen molar-refractivity contribution in [3.8, 4) is 0 Å². The molecular formula is C9H9FN2O3S. The van der Waals surface area contributed by atoms with Gasteiger partial charge < -0.3 is 4.90 Å². The van der Waals surface area contributed by atoms with Crippen molar-refractivity contribution in [2.45, 2.75) is 0 Å². The molecule has 0 unspecified atom stereocenters. The van der Waals surface area contributed by atoms with Crippen molar-refractivity contribution in [3.05, 3.63) is 39.2 Å². The summed E-state index contributed by atoms with van der Waals surface area (Å²) in [5.41, 5.74) is -0.217. The van der Waals surface area contributed by atoms with E-state index >= 15 is 0 Å². The minimum absolute atomic E-state index is 0.217. The molecule has 0 bridgehead atoms. The molecule has 1 rings (SSSR count). The van der Waals surface area contributed by atoms with Gasteiger partial charge in [0.1, 0.15) is 5.56 Å². The Bertz CT molecular complexity index is 453. The molecule has 0 saturated carbocycles. The van der Waals surface area contributed by atoms with Crippen molar-refractivity contribution < 1.29 is 14.1 Å². The maximum Gasteiger partial charge on any atom is 0.335 e. The average molecular weight is 244 g/mol. The molecule has 1 aromatic rings. The van der Waals surface area contributed by atoms with Crippen LogP contribution in [0.2, 0.25) is 0 Å². The molecule has 16 heavy (non-hydrogen) atoms. The summed E-state index contributed by atoms with van der Waals surface area (Å²) in [6, 6.07) is 1.24. The van der Waals surface area contributed by atoms with Crippen LogP contribution in [0.3, 0.4) is 0 Å². The molecule has 0 aromatic carbocycles. The van der Waals surface area contributed by atoms with Crippen molar-refractivity contribution in [2.24, 2.45) is 0 Å². The Labute approximate surface area is 94.9 Å². The van der Waals surface area contributed by atoms with Gasteiger partial charge in [0.15, 0.2) is 5.83 Å². The number of halogens is 1. The van der Waals surface area contributed by atoms with Crippen molar-refractivity contribution >= 4 is 22.1 Å². The number of rotatable bonds is 4. The maximum absolute atomic E-state index is 13.3. The number of hydrogen-bond acceptors (Lipinski definition) is 5. The molecule has 0 radical (unpaired) electrons. The molecule has 86 valence electrons. The van der Waals surface area contributed by atoms with Gasteiger partial charge in [-0.3, -0.25) is 14.9 Å². The predicted octanol–water partition coefficient (Wildman–Crippen LogP) is 2.21. The van der Waals surface area contributed by atoms with Crippen molar-refractivity contribution in [1.82, 2.24) is 4.90 Å². The topological polar surface area (TPSA) is 63.5 Å². The van der Waals surface area contributed by atoms with E-state index in [4.69, 9.17) is 0 Å². The van der Waals surface area contributed by atoms with Gasteiger partial charge in [0.2, 0.25) is 5.78 Å². The molecule has 0 fully saturated rings. The molecule has 5 nitrogen and oxygen atoms in total. The maximum atomic E-state index is 13.3. The van der Waals surface area contributed by atoms with Gasteiger partial charge >= 0.3 is 5.00 Å². The van der Waals surface area contributed by atoms with Gasteiger partial charge in [-0.25, -0.2) is 4.39 Å². The van der Waals surface area contributed by atoms with Gasteiger partial charge in [-0.2, -0.15) is 0 Å². The summed E-state index contributed by atoms with van der Waals surface area (Å²) < 4.78 is 13.3. The van der Waals surface area contributed by atoms with E-state index in [2.05, 4.69) is 0 Å². The number of thiophene rings is 1. The van der Waals surface area contributed by atoms with Crippen LogP contribution in [0.5, 0.6) is 0 Å². The lowest BCUT2D eigenvalue weighted by Crippen LogP contribution is -2.07. The fourth-order valence-electron chi connectivity index (χ4n) is 1.03. The molecule has 0 N–H and O–H groups in total. The normalized spacial score (nSPS) is 11.3. The Balaban J connectivity index is 3.06. The second-order valence-corrected chi connectivity index (χ2v) is 4.06. The van der Waals surface area contributed by atoms with Crippen LogP contribution in [0.1, 0.15) is 10.4 Å². The number of nitro groups is 1. The average Bonchev–Trinajstić information content (AvgIpc) is 2.63. The second-order valence-electron chi connectivity index (χ2n) is 3.17. The first-order valence-corrected chi connectivity index (χ1v) is 5.11. The number of ketones is 1. The first-order valence-electron chi connectivity index (χ1n) is 4.23. The number of nitrogens with zero attached hydrogens (tertiary/aromatic N) is 2. The van der Waals surface area contributed by atoms with Gasteiger partial charge in [0.05, 0.1) is 4.92 Å². The number of Topliss-reactive ketones (excluding diaryl/α,β-unsaturated/α-hetero) is 1. The van der Waals surface area contributed by atoms with E-state index < -0.39 is 16.5 Å². The van der Waals surface area contributed by atoms with E-state index in [1.807, 2.05) is 0 Å². The highest BCUT2D eigenvalue weighted by atomic mass is 32.1. The highest BCUT2D eigenvalue weighted by Crippen LogP contribution is 2.27. The van der Waals surface area contributed by atoms with E-state index in [1.54, 1.807) is 14.1 Å². The summed E-state index contributed by atoms with van der Waals surface area (Å²) >= 11 is 0.795. The quantitative estimate of drug-likeness (QED) is 0.352. The van der Waals surface area contributed by atoms with Gasteiger partial charge in [-0.15, -0.1) is 0 Å². The van der Waals surface area contributed by atoms with Crippen LogP contribution in [0, 0.1) is 10.1 Å². The zero-order valence-corrected chi connectivity index (χ0v) is 9.45. The third-order valence-electron chi connectivity index (χ3n) is 1.64. The fraction of sp³-hybridized carbons (Fsp3) is 0.222.